The molecule has 33 heavy (non-hydrogen) atoms. The normalized spacial score (nSPS) is 13.0. The fourth-order valence-corrected chi connectivity index (χ4v) is 3.57. The number of nitrogens with zero attached hydrogens (tertiary/aromatic N) is 4. The molecule has 3 rings (SSSR count). The minimum absolute atomic E-state index is 0.195. The summed E-state index contributed by atoms with van der Waals surface area (Å²) >= 11 is 1.24. The van der Waals surface area contributed by atoms with E-state index in [1.807, 2.05) is 43.3 Å². The van der Waals surface area contributed by atoms with Crippen LogP contribution in [-0.2, 0) is 11.8 Å². The molecule has 1 atom stereocenters. The largest absolute Gasteiger partial charge is 0.444 e. The fraction of sp³-hybridized carbons (Fsp3) is 0.333. The standard InChI is InChI=1S/C24H28FN5O2S/c1-15(17-12-13-18(19(25)14-17)16-10-8-7-9-11-16)20-26-21(29-30(20)5)27-22(33-6)28-23(31)32-24(2,3)4/h7-15H,1-6H3,(H,27,28,29,31). The Hall–Kier alpha value is -3.20. The van der Waals surface area contributed by atoms with Crippen molar-refractivity contribution >= 4 is 29.0 Å². The quantitative estimate of drug-likeness (QED) is 0.395. The number of alkyl carbamates (subject to hydrolysis) is 1. The molecule has 2 aromatic carbocycles. The number of halogens is 1. The summed E-state index contributed by atoms with van der Waals surface area (Å²) < 4.78 is 21.7. The summed E-state index contributed by atoms with van der Waals surface area (Å²) in [5.74, 6) is 0.305. The second kappa shape index (κ2) is 10.2. The van der Waals surface area contributed by atoms with Crippen LogP contribution in [0, 0.1) is 5.82 Å². The number of amidine groups is 1. The molecule has 0 radical (unpaired) electrons. The van der Waals surface area contributed by atoms with Gasteiger partial charge in [0.05, 0.1) is 0 Å². The highest BCUT2D eigenvalue weighted by Crippen LogP contribution is 2.29. The second-order valence-corrected chi connectivity index (χ2v) is 9.26. The number of aryl methyl sites for hydroxylation is 1. The summed E-state index contributed by atoms with van der Waals surface area (Å²) in [5.41, 5.74) is 1.53. The highest BCUT2D eigenvalue weighted by molar-refractivity contribution is 8.13. The van der Waals surface area contributed by atoms with Crippen molar-refractivity contribution in [2.75, 3.05) is 6.26 Å². The first-order valence-corrected chi connectivity index (χ1v) is 11.7. The van der Waals surface area contributed by atoms with E-state index in [9.17, 15) is 9.18 Å². The van der Waals surface area contributed by atoms with Gasteiger partial charge >= 0.3 is 6.09 Å². The fourth-order valence-electron chi connectivity index (χ4n) is 3.21. The highest BCUT2D eigenvalue weighted by Gasteiger charge is 2.20. The topological polar surface area (TPSA) is 81.4 Å². The van der Waals surface area contributed by atoms with E-state index in [2.05, 4.69) is 20.4 Å². The lowest BCUT2D eigenvalue weighted by Crippen LogP contribution is -2.35. The molecule has 0 saturated carbocycles. The van der Waals surface area contributed by atoms with Crippen molar-refractivity contribution in [3.05, 3.63) is 65.7 Å². The number of nitrogens with one attached hydrogen (secondary N) is 1. The van der Waals surface area contributed by atoms with Crippen LogP contribution in [0.3, 0.4) is 0 Å². The lowest BCUT2D eigenvalue weighted by molar-refractivity contribution is 0.0564. The number of carbonyl (C=O) groups excluding carboxylic acids is 1. The zero-order valence-electron chi connectivity index (χ0n) is 19.6. The lowest BCUT2D eigenvalue weighted by atomic mass is 9.96. The highest BCUT2D eigenvalue weighted by atomic mass is 32.2. The number of carbonyl (C=O) groups is 1. The minimum atomic E-state index is -0.620. The van der Waals surface area contributed by atoms with Crippen LogP contribution in [-0.4, -0.2) is 37.9 Å². The zero-order valence-corrected chi connectivity index (χ0v) is 20.4. The number of rotatable bonds is 4. The van der Waals surface area contributed by atoms with Gasteiger partial charge in [-0.15, -0.1) is 5.10 Å². The van der Waals surface area contributed by atoms with Gasteiger partial charge in [0.15, 0.2) is 5.17 Å². The molecule has 1 heterocycles. The van der Waals surface area contributed by atoms with Crippen LogP contribution in [0.25, 0.3) is 11.1 Å². The molecule has 174 valence electrons. The maximum Gasteiger partial charge on any atom is 0.413 e. The van der Waals surface area contributed by atoms with E-state index in [1.54, 1.807) is 44.8 Å². The van der Waals surface area contributed by atoms with Gasteiger partial charge in [-0.2, -0.15) is 9.98 Å². The van der Waals surface area contributed by atoms with Crippen LogP contribution in [0.2, 0.25) is 0 Å². The lowest BCUT2D eigenvalue weighted by Gasteiger charge is -2.19. The van der Waals surface area contributed by atoms with Crippen molar-refractivity contribution in [2.24, 2.45) is 12.0 Å². The number of ether oxygens (including phenoxy) is 1. The van der Waals surface area contributed by atoms with E-state index in [1.165, 1.54) is 17.8 Å². The van der Waals surface area contributed by atoms with Gasteiger partial charge in [-0.25, -0.2) is 9.18 Å². The van der Waals surface area contributed by atoms with Crippen LogP contribution in [0.5, 0.6) is 0 Å². The summed E-state index contributed by atoms with van der Waals surface area (Å²) in [5, 5.41) is 7.25. The molecule has 0 aliphatic rings. The number of benzene rings is 2. The van der Waals surface area contributed by atoms with Crippen LogP contribution in [0.1, 0.15) is 45.0 Å². The second-order valence-electron chi connectivity index (χ2n) is 8.47. The van der Waals surface area contributed by atoms with E-state index >= 15 is 0 Å². The van der Waals surface area contributed by atoms with Crippen molar-refractivity contribution in [1.29, 1.82) is 0 Å². The van der Waals surface area contributed by atoms with Crippen LogP contribution in [0.4, 0.5) is 15.1 Å². The van der Waals surface area contributed by atoms with Gasteiger partial charge in [0, 0.05) is 18.5 Å². The molecule has 0 aliphatic heterocycles. The van der Waals surface area contributed by atoms with Gasteiger partial charge in [-0.3, -0.25) is 10.00 Å². The van der Waals surface area contributed by atoms with Crippen molar-refractivity contribution in [1.82, 2.24) is 20.1 Å². The molecule has 7 nitrogen and oxygen atoms in total. The molecular weight excluding hydrogens is 441 g/mol. The van der Waals surface area contributed by atoms with Crippen molar-refractivity contribution in [2.45, 2.75) is 39.2 Å². The molecule has 0 saturated heterocycles. The van der Waals surface area contributed by atoms with E-state index in [-0.39, 0.29) is 17.7 Å². The third kappa shape index (κ3) is 6.41. The molecule has 1 amide bonds. The van der Waals surface area contributed by atoms with Gasteiger partial charge in [-0.05, 0) is 44.2 Å². The Kier molecular flexibility index (Phi) is 7.53. The molecule has 0 spiro atoms. The van der Waals surface area contributed by atoms with Crippen molar-refractivity contribution < 1.29 is 13.9 Å². The molecule has 1 unspecified atom stereocenters. The smallest absolute Gasteiger partial charge is 0.413 e. The van der Waals surface area contributed by atoms with Gasteiger partial charge < -0.3 is 4.74 Å². The van der Waals surface area contributed by atoms with Gasteiger partial charge in [0.2, 0.25) is 0 Å². The van der Waals surface area contributed by atoms with Crippen molar-refractivity contribution in [3.63, 3.8) is 0 Å². The summed E-state index contributed by atoms with van der Waals surface area (Å²) in [6.45, 7) is 7.28. The average molecular weight is 470 g/mol. The SMILES string of the molecule is CS/C(=N/c1nc(C(C)c2ccc(-c3ccccc3)c(F)c2)n(C)n1)NC(=O)OC(C)(C)C. The van der Waals surface area contributed by atoms with Crippen LogP contribution in [0.15, 0.2) is 53.5 Å². The Balaban J connectivity index is 1.81. The van der Waals surface area contributed by atoms with E-state index < -0.39 is 11.7 Å². The van der Waals surface area contributed by atoms with Crippen LogP contribution < -0.4 is 5.32 Å². The van der Waals surface area contributed by atoms with Crippen LogP contribution >= 0.6 is 11.8 Å². The molecule has 3 aromatic rings. The summed E-state index contributed by atoms with van der Waals surface area (Å²) in [4.78, 5) is 20.9. The van der Waals surface area contributed by atoms with Gasteiger partial charge in [0.1, 0.15) is 17.2 Å². The first-order chi connectivity index (χ1) is 15.6. The Morgan fingerprint density at radius 3 is 2.52 bits per heavy atom. The molecule has 1 aromatic heterocycles. The molecule has 9 heteroatoms. The summed E-state index contributed by atoms with van der Waals surface area (Å²) in [6.07, 6.45) is 1.17. The third-order valence-electron chi connectivity index (χ3n) is 4.75. The number of aromatic nitrogens is 3. The molecular formula is C24H28FN5O2S. The molecule has 1 N–H and O–H groups in total. The third-order valence-corrected chi connectivity index (χ3v) is 5.33. The maximum atomic E-state index is 14.9. The summed E-state index contributed by atoms with van der Waals surface area (Å²) in [7, 11) is 1.76. The van der Waals surface area contributed by atoms with E-state index in [4.69, 9.17) is 4.74 Å². The minimum Gasteiger partial charge on any atom is -0.444 e. The average Bonchev–Trinajstić information content (AvgIpc) is 3.11. The zero-order chi connectivity index (χ0) is 24.2. The number of amides is 1. The van der Waals surface area contributed by atoms with E-state index in [0.29, 0.717) is 16.6 Å². The number of hydrogen-bond donors (Lipinski definition) is 1. The van der Waals surface area contributed by atoms with Gasteiger partial charge in [-0.1, -0.05) is 61.2 Å². The first-order valence-electron chi connectivity index (χ1n) is 10.5. The maximum absolute atomic E-state index is 14.9. The number of hydrogen-bond acceptors (Lipinski definition) is 6. The summed E-state index contributed by atoms with van der Waals surface area (Å²) in [6, 6.07) is 14.6. The monoisotopic (exact) mass is 469 g/mol. The van der Waals surface area contributed by atoms with Crippen molar-refractivity contribution in [3.8, 4) is 11.1 Å². The predicted molar refractivity (Wildman–Crippen MR) is 130 cm³/mol. The molecule has 0 fully saturated rings. The van der Waals surface area contributed by atoms with E-state index in [0.717, 1.165) is 11.1 Å². The number of thioether (sulfide) groups is 1. The first kappa shape index (κ1) is 24.4. The Morgan fingerprint density at radius 1 is 1.21 bits per heavy atom. The number of aliphatic imine (C=N–C) groups is 1. The van der Waals surface area contributed by atoms with Gasteiger partial charge in [0.25, 0.3) is 5.95 Å². The predicted octanol–water partition coefficient (Wildman–Crippen LogP) is 5.65. The Morgan fingerprint density at radius 2 is 1.91 bits per heavy atom. The molecule has 0 aliphatic carbocycles. The molecule has 0 bridgehead atoms. The Bertz CT molecular complexity index is 1160. The Labute approximate surface area is 197 Å².